The molecule has 1 atom stereocenters. The van der Waals surface area contributed by atoms with Gasteiger partial charge in [0.2, 0.25) is 0 Å². The normalized spacial score (nSPS) is 10.6. The summed E-state index contributed by atoms with van der Waals surface area (Å²) in [6.07, 6.45) is 2.16. The van der Waals surface area contributed by atoms with Crippen LogP contribution in [0.25, 0.3) is 11.1 Å². The molecule has 0 saturated heterocycles. The van der Waals surface area contributed by atoms with Crippen molar-refractivity contribution in [2.24, 2.45) is 11.5 Å². The number of carboxylic acids is 2. The van der Waals surface area contributed by atoms with Crippen LogP contribution in [0.1, 0.15) is 26.2 Å². The Kier molecular flexibility index (Phi) is 13.8. The van der Waals surface area contributed by atoms with Gasteiger partial charge in [-0.2, -0.15) is 0 Å². The lowest BCUT2D eigenvalue weighted by atomic mass is 10.1. The fraction of sp³-hybridized carbons (Fsp3) is 0.300. The minimum atomic E-state index is -0.933. The Balaban J connectivity index is 0.000000458. The molecule has 0 aromatic heterocycles. The fourth-order valence-electron chi connectivity index (χ4n) is 1.98. The molecule has 0 amide bonds. The predicted molar refractivity (Wildman–Crippen MR) is 114 cm³/mol. The molecule has 0 heterocycles. The molecule has 0 radical (unpaired) electrons. The van der Waals surface area contributed by atoms with Crippen molar-refractivity contribution in [1.82, 2.24) is 0 Å². The number of hydrogen-bond donors (Lipinski definition) is 4. The molecule has 0 fully saturated rings. The van der Waals surface area contributed by atoms with Crippen molar-refractivity contribution in [3.8, 4) is 11.1 Å². The highest BCUT2D eigenvalue weighted by atomic mass is 35.5. The molecule has 1 unspecified atom stereocenters. The van der Waals surface area contributed by atoms with Crippen LogP contribution >= 0.6 is 23.2 Å². The van der Waals surface area contributed by atoms with Gasteiger partial charge in [0.1, 0.15) is 6.04 Å². The SMILES string of the molecule is CC(=O)O.Clc1cccc(-c2ccccc2)c1Cl.NCCCCC(N)C(=O)O. The van der Waals surface area contributed by atoms with E-state index in [1.807, 2.05) is 42.5 Å². The van der Waals surface area contributed by atoms with Gasteiger partial charge in [0.05, 0.1) is 10.0 Å². The molecular weight excluding hydrogens is 403 g/mol. The number of nitrogens with two attached hydrogens (primary N) is 2. The van der Waals surface area contributed by atoms with Gasteiger partial charge in [0.25, 0.3) is 5.97 Å². The van der Waals surface area contributed by atoms with Gasteiger partial charge in [-0.3, -0.25) is 9.59 Å². The molecule has 8 heteroatoms. The van der Waals surface area contributed by atoms with Crippen LogP contribution in [0.15, 0.2) is 48.5 Å². The Labute approximate surface area is 175 Å². The lowest BCUT2D eigenvalue weighted by Gasteiger charge is -2.04. The standard InChI is InChI=1S/C12H8Cl2.C6H14N2O2.C2H4O2/c13-11-8-4-7-10(12(11)14)9-5-2-1-3-6-9;7-4-2-1-3-5(8)6(9)10;1-2(3)4/h1-8H;5H,1-4,7-8H2,(H,9,10);1H3,(H,3,4). The maximum absolute atomic E-state index is 10.1. The van der Waals surface area contributed by atoms with E-state index in [0.717, 1.165) is 30.9 Å². The molecule has 0 aliphatic rings. The highest BCUT2D eigenvalue weighted by Crippen LogP contribution is 2.32. The first-order valence-electron chi connectivity index (χ1n) is 8.58. The third kappa shape index (κ3) is 11.6. The van der Waals surface area contributed by atoms with Crippen molar-refractivity contribution in [2.45, 2.75) is 32.2 Å². The highest BCUT2D eigenvalue weighted by Gasteiger charge is 2.09. The highest BCUT2D eigenvalue weighted by molar-refractivity contribution is 6.43. The van der Waals surface area contributed by atoms with Crippen molar-refractivity contribution >= 4 is 35.1 Å². The summed E-state index contributed by atoms with van der Waals surface area (Å²) < 4.78 is 0. The van der Waals surface area contributed by atoms with E-state index in [1.54, 1.807) is 6.07 Å². The van der Waals surface area contributed by atoms with E-state index in [4.69, 9.17) is 49.7 Å². The van der Waals surface area contributed by atoms with E-state index >= 15 is 0 Å². The van der Waals surface area contributed by atoms with Crippen LogP contribution < -0.4 is 11.5 Å². The first-order valence-corrected chi connectivity index (χ1v) is 9.33. The molecule has 154 valence electrons. The molecule has 28 heavy (non-hydrogen) atoms. The predicted octanol–water partition coefficient (Wildman–Crippen LogP) is 4.28. The van der Waals surface area contributed by atoms with Gasteiger partial charge < -0.3 is 21.7 Å². The summed E-state index contributed by atoms with van der Waals surface area (Å²) in [6, 6.07) is 14.9. The smallest absolute Gasteiger partial charge is 0.320 e. The van der Waals surface area contributed by atoms with Crippen molar-refractivity contribution in [3.05, 3.63) is 58.6 Å². The molecule has 0 aliphatic heterocycles. The molecule has 0 saturated carbocycles. The number of carboxylic acid groups (broad SMARTS) is 2. The summed E-state index contributed by atoms with van der Waals surface area (Å²) in [6.45, 7) is 1.69. The van der Waals surface area contributed by atoms with E-state index in [9.17, 15) is 4.79 Å². The maximum Gasteiger partial charge on any atom is 0.320 e. The Morgan fingerprint density at radius 3 is 2.07 bits per heavy atom. The number of rotatable bonds is 6. The molecule has 6 nitrogen and oxygen atoms in total. The van der Waals surface area contributed by atoms with Crippen LogP contribution in [0.2, 0.25) is 10.0 Å². The zero-order chi connectivity index (χ0) is 21.5. The van der Waals surface area contributed by atoms with Crippen LogP contribution in [0.5, 0.6) is 0 Å². The molecule has 0 spiro atoms. The maximum atomic E-state index is 10.1. The number of unbranched alkanes of at least 4 members (excludes halogenated alkanes) is 1. The number of halogens is 2. The van der Waals surface area contributed by atoms with Crippen LogP contribution in [0, 0.1) is 0 Å². The van der Waals surface area contributed by atoms with E-state index in [1.165, 1.54) is 0 Å². The third-order valence-electron chi connectivity index (χ3n) is 3.32. The van der Waals surface area contributed by atoms with E-state index in [0.29, 0.717) is 23.0 Å². The Morgan fingerprint density at radius 1 is 1.00 bits per heavy atom. The second kappa shape index (κ2) is 14.9. The summed E-state index contributed by atoms with van der Waals surface area (Å²) in [7, 11) is 0. The summed E-state index contributed by atoms with van der Waals surface area (Å²) >= 11 is 12.0. The molecular formula is C20H26Cl2N2O4. The van der Waals surface area contributed by atoms with Crippen molar-refractivity contribution in [2.75, 3.05) is 6.54 Å². The molecule has 0 aliphatic carbocycles. The van der Waals surface area contributed by atoms with Gasteiger partial charge in [0, 0.05) is 12.5 Å². The van der Waals surface area contributed by atoms with Crippen molar-refractivity contribution in [3.63, 3.8) is 0 Å². The summed E-state index contributed by atoms with van der Waals surface area (Å²) in [4.78, 5) is 19.1. The Morgan fingerprint density at radius 2 is 1.57 bits per heavy atom. The average molecular weight is 429 g/mol. The van der Waals surface area contributed by atoms with Gasteiger partial charge in [-0.05, 0) is 31.0 Å². The number of benzene rings is 2. The molecule has 0 bridgehead atoms. The van der Waals surface area contributed by atoms with Crippen molar-refractivity contribution < 1.29 is 19.8 Å². The van der Waals surface area contributed by atoms with E-state index in [2.05, 4.69) is 0 Å². The second-order valence-corrected chi connectivity index (χ2v) is 6.50. The first kappa shape index (κ1) is 25.9. The number of carbonyl (C=O) groups is 2. The van der Waals surface area contributed by atoms with Gasteiger partial charge in [0.15, 0.2) is 0 Å². The van der Waals surface area contributed by atoms with Crippen LogP contribution in [0.4, 0.5) is 0 Å². The fourth-order valence-corrected chi connectivity index (χ4v) is 2.39. The quantitative estimate of drug-likeness (QED) is 0.508. The van der Waals surface area contributed by atoms with Gasteiger partial charge in [-0.25, -0.2) is 0 Å². The van der Waals surface area contributed by atoms with Crippen LogP contribution in [-0.4, -0.2) is 34.7 Å². The van der Waals surface area contributed by atoms with Gasteiger partial charge in [-0.1, -0.05) is 72.1 Å². The van der Waals surface area contributed by atoms with Gasteiger partial charge >= 0.3 is 5.97 Å². The lowest BCUT2D eigenvalue weighted by Crippen LogP contribution is -2.29. The van der Waals surface area contributed by atoms with E-state index < -0.39 is 18.0 Å². The van der Waals surface area contributed by atoms with Crippen molar-refractivity contribution in [1.29, 1.82) is 0 Å². The topological polar surface area (TPSA) is 127 Å². The molecule has 2 aromatic rings. The van der Waals surface area contributed by atoms with Crippen LogP contribution in [0.3, 0.4) is 0 Å². The zero-order valence-corrected chi connectivity index (χ0v) is 17.2. The minimum absolute atomic E-state index is 0.520. The Bertz CT molecular complexity index is 723. The Hall–Kier alpha value is -2.12. The van der Waals surface area contributed by atoms with Gasteiger partial charge in [-0.15, -0.1) is 0 Å². The largest absolute Gasteiger partial charge is 0.481 e. The first-order chi connectivity index (χ1) is 13.2. The minimum Gasteiger partial charge on any atom is -0.481 e. The van der Waals surface area contributed by atoms with Crippen LogP contribution in [-0.2, 0) is 9.59 Å². The number of aliphatic carboxylic acids is 2. The second-order valence-electron chi connectivity index (χ2n) is 5.72. The molecule has 2 rings (SSSR count). The number of hydrogen-bond acceptors (Lipinski definition) is 4. The van der Waals surface area contributed by atoms with E-state index in [-0.39, 0.29) is 0 Å². The summed E-state index contributed by atoms with van der Waals surface area (Å²) in [5.41, 5.74) is 12.5. The zero-order valence-electron chi connectivity index (χ0n) is 15.6. The molecule has 2 aromatic carbocycles. The monoisotopic (exact) mass is 428 g/mol. The summed E-state index contributed by atoms with van der Waals surface area (Å²) in [5, 5.41) is 16.9. The summed E-state index contributed by atoms with van der Waals surface area (Å²) in [5.74, 6) is -1.77. The lowest BCUT2D eigenvalue weighted by molar-refractivity contribution is -0.138. The third-order valence-corrected chi connectivity index (χ3v) is 4.14. The average Bonchev–Trinajstić information content (AvgIpc) is 2.65. The molecule has 6 N–H and O–H groups in total.